The van der Waals surface area contributed by atoms with E-state index in [0.717, 1.165) is 44.8 Å². The molecule has 2 unspecified atom stereocenters. The molecule has 2 aromatic rings. The molecule has 1 aromatic carbocycles. The number of ether oxygens (including phenoxy) is 1. The zero-order chi connectivity index (χ0) is 19.3. The molecule has 0 bridgehead atoms. The van der Waals surface area contributed by atoms with E-state index in [9.17, 15) is 13.2 Å². The van der Waals surface area contributed by atoms with E-state index in [1.165, 1.54) is 12.1 Å². The summed E-state index contributed by atoms with van der Waals surface area (Å²) < 4.78 is 52.2. The zero-order valence-corrected chi connectivity index (χ0v) is 15.5. The van der Waals surface area contributed by atoms with Crippen LogP contribution in [0.2, 0.25) is 0 Å². The molecule has 1 N–H and O–H groups in total. The summed E-state index contributed by atoms with van der Waals surface area (Å²) in [5.74, 6) is 2.26. The first-order chi connectivity index (χ1) is 13.5. The third-order valence-corrected chi connectivity index (χ3v) is 6.33. The molecule has 5 rings (SSSR count). The molecular formula is C21H23F3N2O2. The van der Waals surface area contributed by atoms with Gasteiger partial charge < -0.3 is 14.6 Å². The SMILES string of the molecule is FC(F)(F)c1ccccc1-c1noc(C2CC2)c1COC1CC2CNCC2C1. The van der Waals surface area contributed by atoms with Crippen molar-refractivity contribution in [2.45, 2.75) is 50.5 Å². The Morgan fingerprint density at radius 2 is 1.82 bits per heavy atom. The first-order valence-corrected chi connectivity index (χ1v) is 9.98. The number of rotatable bonds is 5. The summed E-state index contributed by atoms with van der Waals surface area (Å²) >= 11 is 0. The monoisotopic (exact) mass is 392 g/mol. The van der Waals surface area contributed by atoms with Gasteiger partial charge in [0, 0.05) is 17.0 Å². The Bertz CT molecular complexity index is 848. The van der Waals surface area contributed by atoms with E-state index in [0.29, 0.717) is 23.2 Å². The van der Waals surface area contributed by atoms with Crippen molar-refractivity contribution in [3.63, 3.8) is 0 Å². The summed E-state index contributed by atoms with van der Waals surface area (Å²) in [6, 6.07) is 5.56. The van der Waals surface area contributed by atoms with Crippen molar-refractivity contribution in [3.05, 3.63) is 41.2 Å². The first kappa shape index (κ1) is 18.2. The maximum Gasteiger partial charge on any atom is 0.417 e. The number of benzene rings is 1. The minimum absolute atomic E-state index is 0.0664. The van der Waals surface area contributed by atoms with Crippen molar-refractivity contribution in [2.24, 2.45) is 11.8 Å². The molecule has 0 amide bonds. The number of fused-ring (bicyclic) bond motifs is 1. The van der Waals surface area contributed by atoms with Crippen LogP contribution in [0.15, 0.2) is 28.8 Å². The fourth-order valence-electron chi connectivity index (χ4n) is 4.72. The van der Waals surface area contributed by atoms with Crippen LogP contribution in [0.25, 0.3) is 11.3 Å². The van der Waals surface area contributed by atoms with E-state index in [1.807, 2.05) is 0 Å². The van der Waals surface area contributed by atoms with E-state index >= 15 is 0 Å². The second kappa shape index (κ2) is 6.88. The van der Waals surface area contributed by atoms with Gasteiger partial charge in [0.25, 0.3) is 0 Å². The van der Waals surface area contributed by atoms with Crippen LogP contribution in [-0.4, -0.2) is 24.4 Å². The van der Waals surface area contributed by atoms with Crippen molar-refractivity contribution in [2.75, 3.05) is 13.1 Å². The van der Waals surface area contributed by atoms with Crippen LogP contribution in [-0.2, 0) is 17.5 Å². The van der Waals surface area contributed by atoms with Crippen LogP contribution in [0.1, 0.15) is 48.5 Å². The van der Waals surface area contributed by atoms with Gasteiger partial charge in [0.1, 0.15) is 11.5 Å². The smallest absolute Gasteiger partial charge is 0.373 e. The Balaban J connectivity index is 1.43. The van der Waals surface area contributed by atoms with Crippen LogP contribution < -0.4 is 5.32 Å². The fourth-order valence-corrected chi connectivity index (χ4v) is 4.72. The number of nitrogens with one attached hydrogen (secondary N) is 1. The van der Waals surface area contributed by atoms with Gasteiger partial charge in [0.2, 0.25) is 0 Å². The van der Waals surface area contributed by atoms with Crippen LogP contribution in [0.4, 0.5) is 13.2 Å². The number of aromatic nitrogens is 1. The summed E-state index contributed by atoms with van der Waals surface area (Å²) in [5, 5.41) is 7.47. The second-order valence-electron chi connectivity index (χ2n) is 8.27. The largest absolute Gasteiger partial charge is 0.417 e. The lowest BCUT2D eigenvalue weighted by molar-refractivity contribution is -0.137. The number of hydrogen-bond acceptors (Lipinski definition) is 4. The van der Waals surface area contributed by atoms with E-state index < -0.39 is 11.7 Å². The van der Waals surface area contributed by atoms with Crippen molar-refractivity contribution >= 4 is 0 Å². The Kier molecular flexibility index (Phi) is 4.47. The standard InChI is InChI=1S/C21H23F3N2O2/c22-21(23,24)18-4-2-1-3-16(18)19-17(20(28-26-19)12-5-6-12)11-27-15-7-13-9-25-10-14(13)8-15/h1-4,12-15,25H,5-11H2. The Morgan fingerprint density at radius 1 is 1.11 bits per heavy atom. The zero-order valence-electron chi connectivity index (χ0n) is 15.5. The summed E-state index contributed by atoms with van der Waals surface area (Å²) in [6.45, 7) is 2.33. The molecular weight excluding hydrogens is 369 g/mol. The molecule has 1 aliphatic heterocycles. The molecule has 1 aromatic heterocycles. The van der Waals surface area contributed by atoms with E-state index in [4.69, 9.17) is 9.26 Å². The van der Waals surface area contributed by atoms with Gasteiger partial charge in [-0.25, -0.2) is 0 Å². The molecule has 1 saturated heterocycles. The van der Waals surface area contributed by atoms with Gasteiger partial charge in [-0.15, -0.1) is 0 Å². The van der Waals surface area contributed by atoms with Gasteiger partial charge in [-0.2, -0.15) is 13.2 Å². The maximum atomic E-state index is 13.5. The molecule has 2 atom stereocenters. The first-order valence-electron chi connectivity index (χ1n) is 9.98. The van der Waals surface area contributed by atoms with Gasteiger partial charge >= 0.3 is 6.18 Å². The Morgan fingerprint density at radius 3 is 2.50 bits per heavy atom. The van der Waals surface area contributed by atoms with Crippen molar-refractivity contribution in [1.29, 1.82) is 0 Å². The predicted octanol–water partition coefficient (Wildman–Crippen LogP) is 4.75. The van der Waals surface area contributed by atoms with Crippen molar-refractivity contribution < 1.29 is 22.4 Å². The summed E-state index contributed by atoms with van der Waals surface area (Å²) in [6.07, 6.45) is -0.288. The number of alkyl halides is 3. The molecule has 7 heteroatoms. The highest BCUT2D eigenvalue weighted by Gasteiger charge is 2.40. The highest BCUT2D eigenvalue weighted by molar-refractivity contribution is 5.68. The second-order valence-corrected chi connectivity index (χ2v) is 8.27. The summed E-state index contributed by atoms with van der Waals surface area (Å²) in [4.78, 5) is 0. The van der Waals surface area contributed by atoms with Crippen LogP contribution in [0, 0.1) is 11.8 Å². The van der Waals surface area contributed by atoms with Gasteiger partial charge in [0.05, 0.1) is 18.3 Å². The van der Waals surface area contributed by atoms with Crippen molar-refractivity contribution in [1.82, 2.24) is 10.5 Å². The van der Waals surface area contributed by atoms with E-state index in [2.05, 4.69) is 10.5 Å². The number of halogens is 3. The maximum absolute atomic E-state index is 13.5. The molecule has 28 heavy (non-hydrogen) atoms. The quantitative estimate of drug-likeness (QED) is 0.798. The van der Waals surface area contributed by atoms with Crippen molar-refractivity contribution in [3.8, 4) is 11.3 Å². The number of hydrogen-bond donors (Lipinski definition) is 1. The average molecular weight is 392 g/mol. The third-order valence-electron chi connectivity index (χ3n) is 6.33. The Hall–Kier alpha value is -1.86. The lowest BCUT2D eigenvalue weighted by atomic mass is 9.99. The normalized spacial score (nSPS) is 27.3. The lowest BCUT2D eigenvalue weighted by Crippen LogP contribution is -2.16. The minimum atomic E-state index is -4.44. The molecule has 2 aliphatic carbocycles. The molecule has 2 saturated carbocycles. The molecule has 4 nitrogen and oxygen atoms in total. The fraction of sp³-hybridized carbons (Fsp3) is 0.571. The molecule has 150 valence electrons. The lowest BCUT2D eigenvalue weighted by Gasteiger charge is -2.15. The topological polar surface area (TPSA) is 47.3 Å². The Labute approximate surface area is 161 Å². The third kappa shape index (κ3) is 3.35. The van der Waals surface area contributed by atoms with Crippen LogP contribution in [0.3, 0.4) is 0 Å². The van der Waals surface area contributed by atoms with Crippen LogP contribution in [0.5, 0.6) is 0 Å². The average Bonchev–Trinajstić information content (AvgIpc) is 3.09. The highest BCUT2D eigenvalue weighted by Crippen LogP contribution is 2.46. The number of nitrogens with zero attached hydrogens (tertiary/aromatic N) is 1. The van der Waals surface area contributed by atoms with E-state index in [-0.39, 0.29) is 29.9 Å². The van der Waals surface area contributed by atoms with Gasteiger partial charge in [-0.05, 0) is 56.7 Å². The molecule has 3 aliphatic rings. The highest BCUT2D eigenvalue weighted by atomic mass is 19.4. The predicted molar refractivity (Wildman–Crippen MR) is 96.6 cm³/mol. The summed E-state index contributed by atoms with van der Waals surface area (Å²) in [7, 11) is 0. The van der Waals surface area contributed by atoms with Gasteiger partial charge in [0.15, 0.2) is 0 Å². The minimum Gasteiger partial charge on any atom is -0.373 e. The molecule has 2 heterocycles. The van der Waals surface area contributed by atoms with Gasteiger partial charge in [-0.3, -0.25) is 0 Å². The molecule has 0 radical (unpaired) electrons. The van der Waals surface area contributed by atoms with Gasteiger partial charge in [-0.1, -0.05) is 23.4 Å². The molecule has 0 spiro atoms. The summed E-state index contributed by atoms with van der Waals surface area (Å²) in [5.41, 5.74) is 0.342. The molecule has 3 fully saturated rings. The van der Waals surface area contributed by atoms with Crippen LogP contribution >= 0.6 is 0 Å². The van der Waals surface area contributed by atoms with E-state index in [1.54, 1.807) is 6.07 Å².